The van der Waals surface area contributed by atoms with E-state index >= 15 is 0 Å². The molecule has 0 bridgehead atoms. The molecule has 2 aromatic heterocycles. The van der Waals surface area contributed by atoms with Crippen LogP contribution in [0.5, 0.6) is 0 Å². The van der Waals surface area contributed by atoms with Gasteiger partial charge in [0.05, 0.1) is 11.2 Å². The number of carbonyl (C=O) groups is 1. The summed E-state index contributed by atoms with van der Waals surface area (Å²) in [6, 6.07) is 17.8. The second-order valence-electron chi connectivity index (χ2n) is 8.24. The Hall–Kier alpha value is -3.54. The van der Waals surface area contributed by atoms with E-state index < -0.39 is 0 Å². The number of nitrogens with two attached hydrogens (primary N) is 1. The standard InChI is InChI=1S/C25H23FIN7O/c26-18-5-3-17(4-6-18)20-9-10-21-22(30-20)23(32-24(28)31-21)33-11-13-34(14-12-33)25(35)29-15-16-1-7-19(27)8-2-16/h1-10H,11-15H2,(H,29,35)(H2,28,31,32). The molecule has 1 saturated heterocycles. The molecule has 0 saturated carbocycles. The average Bonchev–Trinajstić information content (AvgIpc) is 2.88. The first-order valence-electron chi connectivity index (χ1n) is 11.2. The zero-order valence-electron chi connectivity index (χ0n) is 18.8. The predicted octanol–water partition coefficient (Wildman–Crippen LogP) is 4.05. The van der Waals surface area contributed by atoms with Crippen LogP contribution in [0, 0.1) is 9.39 Å². The van der Waals surface area contributed by atoms with Gasteiger partial charge in [-0.15, -0.1) is 0 Å². The molecule has 3 heterocycles. The minimum absolute atomic E-state index is 0.0908. The smallest absolute Gasteiger partial charge is 0.317 e. The van der Waals surface area contributed by atoms with Crippen LogP contribution >= 0.6 is 22.6 Å². The van der Waals surface area contributed by atoms with E-state index in [9.17, 15) is 9.18 Å². The third-order valence-electron chi connectivity index (χ3n) is 5.90. The Morgan fingerprint density at radius 2 is 1.66 bits per heavy atom. The molecule has 0 radical (unpaired) electrons. The molecule has 0 aliphatic carbocycles. The van der Waals surface area contributed by atoms with E-state index in [1.165, 1.54) is 12.1 Å². The van der Waals surface area contributed by atoms with E-state index in [4.69, 9.17) is 10.7 Å². The van der Waals surface area contributed by atoms with Gasteiger partial charge in [-0.3, -0.25) is 0 Å². The highest BCUT2D eigenvalue weighted by Crippen LogP contribution is 2.27. The summed E-state index contributed by atoms with van der Waals surface area (Å²) in [5.74, 6) is 0.503. The first-order valence-corrected chi connectivity index (χ1v) is 12.3. The van der Waals surface area contributed by atoms with Gasteiger partial charge in [0.1, 0.15) is 11.3 Å². The van der Waals surface area contributed by atoms with Crippen molar-refractivity contribution in [2.45, 2.75) is 6.54 Å². The number of fused-ring (bicyclic) bond motifs is 1. The number of piperazine rings is 1. The Bertz CT molecular complexity index is 1360. The molecule has 0 atom stereocenters. The normalized spacial score (nSPS) is 13.8. The number of aromatic nitrogens is 3. The number of nitrogen functional groups attached to an aromatic ring is 1. The monoisotopic (exact) mass is 583 g/mol. The number of hydrogen-bond donors (Lipinski definition) is 2. The lowest BCUT2D eigenvalue weighted by Crippen LogP contribution is -2.52. The number of anilines is 2. The summed E-state index contributed by atoms with van der Waals surface area (Å²) in [4.78, 5) is 30.1. The largest absolute Gasteiger partial charge is 0.368 e. The molecular weight excluding hydrogens is 560 g/mol. The highest BCUT2D eigenvalue weighted by molar-refractivity contribution is 14.1. The van der Waals surface area contributed by atoms with E-state index in [0.717, 1.165) is 14.7 Å². The molecule has 2 amide bonds. The summed E-state index contributed by atoms with van der Waals surface area (Å²) in [5, 5.41) is 2.99. The van der Waals surface area contributed by atoms with Crippen LogP contribution in [0.4, 0.5) is 21.0 Å². The van der Waals surface area contributed by atoms with Gasteiger partial charge < -0.3 is 20.9 Å². The highest BCUT2D eigenvalue weighted by atomic mass is 127. The summed E-state index contributed by atoms with van der Waals surface area (Å²) >= 11 is 2.26. The van der Waals surface area contributed by atoms with Crippen molar-refractivity contribution < 1.29 is 9.18 Å². The number of amides is 2. The van der Waals surface area contributed by atoms with Crippen LogP contribution in [0.1, 0.15) is 5.56 Å². The Kier molecular flexibility index (Phi) is 6.62. The van der Waals surface area contributed by atoms with E-state index in [-0.39, 0.29) is 17.8 Å². The fraction of sp³-hybridized carbons (Fsp3) is 0.200. The van der Waals surface area contributed by atoms with E-state index in [0.29, 0.717) is 55.3 Å². The number of urea groups is 1. The Labute approximate surface area is 215 Å². The maximum atomic E-state index is 13.4. The lowest BCUT2D eigenvalue weighted by atomic mass is 10.1. The lowest BCUT2D eigenvalue weighted by molar-refractivity contribution is 0.194. The number of halogens is 2. The topological polar surface area (TPSA) is 100 Å². The summed E-state index contributed by atoms with van der Waals surface area (Å²) in [5.41, 5.74) is 9.79. The Morgan fingerprint density at radius 1 is 0.943 bits per heavy atom. The van der Waals surface area contributed by atoms with Gasteiger partial charge >= 0.3 is 6.03 Å². The summed E-state index contributed by atoms with van der Waals surface area (Å²) in [7, 11) is 0. The van der Waals surface area contributed by atoms with Crippen LogP contribution in [-0.4, -0.2) is 52.1 Å². The fourth-order valence-corrected chi connectivity index (χ4v) is 4.39. The molecule has 35 heavy (non-hydrogen) atoms. The number of nitrogens with zero attached hydrogens (tertiary/aromatic N) is 5. The molecule has 8 nitrogen and oxygen atoms in total. The van der Waals surface area contributed by atoms with Crippen molar-refractivity contribution in [2.75, 3.05) is 36.8 Å². The molecule has 1 aliphatic heterocycles. The molecule has 0 unspecified atom stereocenters. The first kappa shape index (κ1) is 23.2. The van der Waals surface area contributed by atoms with Gasteiger partial charge in [-0.25, -0.2) is 19.2 Å². The molecule has 1 fully saturated rings. The number of carbonyl (C=O) groups excluding carboxylic acids is 1. The van der Waals surface area contributed by atoms with Crippen molar-refractivity contribution >= 4 is 51.4 Å². The molecule has 5 rings (SSSR count). The van der Waals surface area contributed by atoms with E-state index in [1.807, 2.05) is 36.4 Å². The SMILES string of the molecule is Nc1nc(N2CCN(C(=O)NCc3ccc(I)cc3)CC2)c2nc(-c3ccc(F)cc3)ccc2n1. The fourth-order valence-electron chi connectivity index (χ4n) is 4.03. The Balaban J connectivity index is 1.30. The van der Waals surface area contributed by atoms with Gasteiger partial charge in [0, 0.05) is 41.9 Å². The third kappa shape index (κ3) is 5.26. The molecule has 0 spiro atoms. The van der Waals surface area contributed by atoms with Gasteiger partial charge in [0.25, 0.3) is 0 Å². The summed E-state index contributed by atoms with van der Waals surface area (Å²) in [6.07, 6.45) is 0. The average molecular weight is 583 g/mol. The van der Waals surface area contributed by atoms with Crippen LogP contribution in [-0.2, 0) is 6.54 Å². The van der Waals surface area contributed by atoms with Gasteiger partial charge in [-0.05, 0) is 76.7 Å². The quantitative estimate of drug-likeness (QED) is 0.352. The predicted molar refractivity (Wildman–Crippen MR) is 142 cm³/mol. The van der Waals surface area contributed by atoms with Crippen LogP contribution in [0.15, 0.2) is 60.7 Å². The van der Waals surface area contributed by atoms with Crippen LogP contribution in [0.3, 0.4) is 0 Å². The second kappa shape index (κ2) is 9.98. The van der Waals surface area contributed by atoms with Crippen LogP contribution in [0.25, 0.3) is 22.3 Å². The zero-order valence-corrected chi connectivity index (χ0v) is 20.9. The van der Waals surface area contributed by atoms with Crippen molar-refractivity contribution in [3.8, 4) is 11.3 Å². The van der Waals surface area contributed by atoms with Gasteiger partial charge in [-0.1, -0.05) is 12.1 Å². The molecule has 2 aromatic carbocycles. The minimum Gasteiger partial charge on any atom is -0.368 e. The molecule has 3 N–H and O–H groups in total. The van der Waals surface area contributed by atoms with Crippen molar-refractivity contribution in [1.29, 1.82) is 0 Å². The summed E-state index contributed by atoms with van der Waals surface area (Å²) < 4.78 is 14.5. The first-order chi connectivity index (χ1) is 17.0. The molecule has 178 valence electrons. The maximum absolute atomic E-state index is 13.4. The number of benzene rings is 2. The van der Waals surface area contributed by atoms with Gasteiger partial charge in [-0.2, -0.15) is 4.98 Å². The Morgan fingerprint density at radius 3 is 2.37 bits per heavy atom. The molecule has 1 aliphatic rings. The van der Waals surface area contributed by atoms with Crippen LogP contribution < -0.4 is 16.0 Å². The number of rotatable bonds is 4. The van der Waals surface area contributed by atoms with Gasteiger partial charge in [0.15, 0.2) is 5.82 Å². The van der Waals surface area contributed by atoms with Crippen molar-refractivity contribution in [3.05, 3.63) is 75.6 Å². The molecule has 10 heteroatoms. The molecule has 4 aromatic rings. The van der Waals surface area contributed by atoms with E-state index in [1.54, 1.807) is 17.0 Å². The third-order valence-corrected chi connectivity index (χ3v) is 6.62. The lowest BCUT2D eigenvalue weighted by Gasteiger charge is -2.35. The highest BCUT2D eigenvalue weighted by Gasteiger charge is 2.24. The van der Waals surface area contributed by atoms with Gasteiger partial charge in [0.2, 0.25) is 5.95 Å². The van der Waals surface area contributed by atoms with Crippen molar-refractivity contribution in [3.63, 3.8) is 0 Å². The number of nitrogens with one attached hydrogen (secondary N) is 1. The summed E-state index contributed by atoms with van der Waals surface area (Å²) in [6.45, 7) is 2.75. The maximum Gasteiger partial charge on any atom is 0.317 e. The zero-order chi connectivity index (χ0) is 24.4. The minimum atomic E-state index is -0.299. The van der Waals surface area contributed by atoms with Crippen molar-refractivity contribution in [1.82, 2.24) is 25.2 Å². The van der Waals surface area contributed by atoms with Crippen molar-refractivity contribution in [2.24, 2.45) is 0 Å². The molecular formula is C25H23FIN7O. The second-order valence-corrected chi connectivity index (χ2v) is 9.48. The number of hydrogen-bond acceptors (Lipinski definition) is 6. The number of pyridine rings is 1. The van der Waals surface area contributed by atoms with Crippen LogP contribution in [0.2, 0.25) is 0 Å². The van der Waals surface area contributed by atoms with E-state index in [2.05, 4.69) is 42.8 Å².